The predicted molar refractivity (Wildman–Crippen MR) is 131 cm³/mol. The van der Waals surface area contributed by atoms with Crippen LogP contribution in [0, 0.1) is 11.8 Å². The van der Waals surface area contributed by atoms with E-state index in [2.05, 4.69) is 33.6 Å². The first kappa shape index (κ1) is 26.0. The summed E-state index contributed by atoms with van der Waals surface area (Å²) in [4.78, 5) is 25.8. The highest BCUT2D eigenvalue weighted by molar-refractivity contribution is 5.89. The van der Waals surface area contributed by atoms with Crippen molar-refractivity contribution >= 4 is 11.8 Å². The number of unbranched alkanes of at least 4 members (excludes halogenated alkanes) is 2. The normalized spacial score (nSPS) is 18.1. The van der Waals surface area contributed by atoms with Gasteiger partial charge >= 0.3 is 23.5 Å². The van der Waals surface area contributed by atoms with Crippen LogP contribution in [0.3, 0.4) is 0 Å². The lowest BCUT2D eigenvalue weighted by Gasteiger charge is -2.29. The van der Waals surface area contributed by atoms with E-state index in [0.717, 1.165) is 64.5 Å². The lowest BCUT2D eigenvalue weighted by molar-refractivity contribution is -0.673. The summed E-state index contributed by atoms with van der Waals surface area (Å²) in [5.41, 5.74) is 0. The number of nitrogens with zero attached hydrogens (tertiary/aromatic N) is 4. The van der Waals surface area contributed by atoms with Crippen molar-refractivity contribution in [1.82, 2.24) is 19.8 Å². The van der Waals surface area contributed by atoms with Crippen LogP contribution in [0.2, 0.25) is 0 Å². The number of hydrogen-bond donors (Lipinski definition) is 2. The van der Waals surface area contributed by atoms with Crippen LogP contribution in [0.5, 0.6) is 0 Å². The van der Waals surface area contributed by atoms with Crippen LogP contribution in [0.25, 0.3) is 0 Å². The minimum Gasteiger partial charge on any atom is -0.345 e. The van der Waals surface area contributed by atoms with Crippen molar-refractivity contribution in [2.45, 2.75) is 78.3 Å². The maximum atomic E-state index is 12.9. The summed E-state index contributed by atoms with van der Waals surface area (Å²) in [5.74, 6) is 2.33. The number of carbonyl (C=O) groups is 2. The maximum Gasteiger partial charge on any atom is 0.347 e. The second kappa shape index (κ2) is 12.7. The van der Waals surface area contributed by atoms with E-state index in [1.54, 1.807) is 0 Å². The molecular formula is C26H44N6O2+2. The number of aryl methyl sites for hydroxylation is 4. The van der Waals surface area contributed by atoms with Gasteiger partial charge in [-0.2, -0.15) is 0 Å². The largest absolute Gasteiger partial charge is 0.347 e. The van der Waals surface area contributed by atoms with E-state index in [1.807, 2.05) is 48.0 Å². The van der Waals surface area contributed by atoms with Gasteiger partial charge in [-0.25, -0.2) is 18.3 Å². The first-order valence-corrected chi connectivity index (χ1v) is 13.1. The number of carbonyl (C=O) groups excluding carboxylic acids is 2. The quantitative estimate of drug-likeness (QED) is 0.466. The molecule has 1 aliphatic rings. The topological polar surface area (TPSA) is 75.8 Å². The minimum atomic E-state index is -0.000583. The van der Waals surface area contributed by atoms with Crippen LogP contribution in [-0.2, 0) is 27.2 Å². The summed E-state index contributed by atoms with van der Waals surface area (Å²) >= 11 is 0. The van der Waals surface area contributed by atoms with Crippen molar-refractivity contribution in [3.8, 4) is 0 Å². The molecule has 188 valence electrons. The molecule has 0 bridgehead atoms. The zero-order valence-corrected chi connectivity index (χ0v) is 21.6. The van der Waals surface area contributed by atoms with Crippen LogP contribution < -0.4 is 19.8 Å². The van der Waals surface area contributed by atoms with Crippen molar-refractivity contribution in [2.24, 2.45) is 25.9 Å². The SMILES string of the molecule is CCCCn1cc[n+](C)c1C(=O)NCC1CCCC(CNC(=O)c2n(CCCC)cc[n+]2C)C1. The lowest BCUT2D eigenvalue weighted by atomic mass is 9.81. The number of hydrogen-bond acceptors (Lipinski definition) is 2. The van der Waals surface area contributed by atoms with Gasteiger partial charge in [0.15, 0.2) is 0 Å². The van der Waals surface area contributed by atoms with E-state index in [9.17, 15) is 9.59 Å². The first-order chi connectivity index (χ1) is 16.4. The van der Waals surface area contributed by atoms with Crippen molar-refractivity contribution in [3.63, 3.8) is 0 Å². The average molecular weight is 473 g/mol. The summed E-state index contributed by atoms with van der Waals surface area (Å²) in [6.45, 7) is 7.44. The molecule has 0 aliphatic heterocycles. The molecular weight excluding hydrogens is 428 g/mol. The summed E-state index contributed by atoms with van der Waals surface area (Å²) in [6, 6.07) is 0. The second-order valence-electron chi connectivity index (χ2n) is 9.88. The van der Waals surface area contributed by atoms with Crippen LogP contribution in [-0.4, -0.2) is 34.0 Å². The molecule has 2 aromatic heterocycles. The van der Waals surface area contributed by atoms with Gasteiger partial charge < -0.3 is 10.6 Å². The molecule has 3 rings (SSSR count). The lowest BCUT2D eigenvalue weighted by Crippen LogP contribution is -2.43. The third-order valence-electron chi connectivity index (χ3n) is 7.06. The molecule has 34 heavy (non-hydrogen) atoms. The highest BCUT2D eigenvalue weighted by Gasteiger charge is 2.28. The standard InChI is InChI=1S/C26H42N6O2/c1-5-7-12-31-16-14-29(3)25(31)23(33)27-19-21-10-9-11-22(18-21)20-28-24(34)26-30(4)15-17-32(26)13-8-6-2/h14-17,21-22H,5-13,18-20H2,1-4H3/p+2. The zero-order chi connectivity index (χ0) is 24.5. The van der Waals surface area contributed by atoms with Gasteiger partial charge in [-0.1, -0.05) is 33.1 Å². The van der Waals surface area contributed by atoms with E-state index in [4.69, 9.17) is 0 Å². The molecule has 2 heterocycles. The average Bonchev–Trinajstić information content (AvgIpc) is 3.40. The predicted octanol–water partition coefficient (Wildman–Crippen LogP) is 2.51. The Labute approximate surface area is 204 Å². The van der Waals surface area contributed by atoms with E-state index in [1.165, 1.54) is 0 Å². The number of amides is 2. The molecule has 8 nitrogen and oxygen atoms in total. The Hall–Kier alpha value is -2.64. The highest BCUT2D eigenvalue weighted by Crippen LogP contribution is 2.28. The Morgan fingerprint density at radius 3 is 1.71 bits per heavy atom. The molecule has 2 aromatic rings. The van der Waals surface area contributed by atoms with E-state index in [-0.39, 0.29) is 11.8 Å². The Balaban J connectivity index is 1.49. The molecule has 1 fully saturated rings. The summed E-state index contributed by atoms with van der Waals surface area (Å²) in [5, 5.41) is 6.36. The van der Waals surface area contributed by atoms with Crippen molar-refractivity contribution in [2.75, 3.05) is 13.1 Å². The molecule has 1 saturated carbocycles. The van der Waals surface area contributed by atoms with E-state index < -0.39 is 0 Å². The Bertz CT molecular complexity index is 873. The van der Waals surface area contributed by atoms with Crippen LogP contribution in [0.15, 0.2) is 24.8 Å². The molecule has 8 heteroatoms. The third-order valence-corrected chi connectivity index (χ3v) is 7.06. The Morgan fingerprint density at radius 1 is 0.853 bits per heavy atom. The third kappa shape index (κ3) is 6.70. The van der Waals surface area contributed by atoms with Crippen LogP contribution >= 0.6 is 0 Å². The number of nitrogens with one attached hydrogen (secondary N) is 2. The summed E-state index contributed by atoms with van der Waals surface area (Å²) < 4.78 is 7.91. The summed E-state index contributed by atoms with van der Waals surface area (Å²) in [7, 11) is 3.85. The van der Waals surface area contributed by atoms with E-state index >= 15 is 0 Å². The zero-order valence-electron chi connectivity index (χ0n) is 21.6. The smallest absolute Gasteiger partial charge is 0.345 e. The van der Waals surface area contributed by atoms with Crippen molar-refractivity contribution in [3.05, 3.63) is 36.4 Å². The van der Waals surface area contributed by atoms with Crippen molar-refractivity contribution < 1.29 is 18.7 Å². The molecule has 2 atom stereocenters. The van der Waals surface area contributed by atoms with Crippen LogP contribution in [0.1, 0.15) is 86.5 Å². The van der Waals surface area contributed by atoms with Gasteiger partial charge in [0.05, 0.1) is 27.2 Å². The fourth-order valence-electron chi connectivity index (χ4n) is 5.05. The van der Waals surface area contributed by atoms with Gasteiger partial charge in [-0.15, -0.1) is 0 Å². The number of rotatable bonds is 12. The molecule has 2 N–H and O–H groups in total. The maximum absolute atomic E-state index is 12.9. The first-order valence-electron chi connectivity index (χ1n) is 13.1. The molecule has 0 spiro atoms. The molecule has 0 aromatic carbocycles. The molecule has 2 amide bonds. The Morgan fingerprint density at radius 2 is 1.29 bits per heavy atom. The molecule has 1 aliphatic carbocycles. The number of aromatic nitrogens is 4. The van der Waals surface area contributed by atoms with E-state index in [0.29, 0.717) is 36.6 Å². The number of imidazole rings is 2. The van der Waals surface area contributed by atoms with Gasteiger partial charge in [-0.05, 0) is 43.9 Å². The van der Waals surface area contributed by atoms with Gasteiger partial charge in [0.1, 0.15) is 24.8 Å². The minimum absolute atomic E-state index is 0.000583. The highest BCUT2D eigenvalue weighted by atomic mass is 16.2. The van der Waals surface area contributed by atoms with Gasteiger partial charge in [-0.3, -0.25) is 9.59 Å². The fraction of sp³-hybridized carbons (Fsp3) is 0.692. The molecule has 2 unspecified atom stereocenters. The van der Waals surface area contributed by atoms with Gasteiger partial charge in [0, 0.05) is 13.1 Å². The van der Waals surface area contributed by atoms with Gasteiger partial charge in [0.2, 0.25) is 0 Å². The second-order valence-corrected chi connectivity index (χ2v) is 9.88. The Kier molecular flexibility index (Phi) is 9.72. The fourth-order valence-corrected chi connectivity index (χ4v) is 5.05. The van der Waals surface area contributed by atoms with Gasteiger partial charge in [0.25, 0.3) is 0 Å². The summed E-state index contributed by atoms with van der Waals surface area (Å²) in [6.07, 6.45) is 16.6. The van der Waals surface area contributed by atoms with Crippen molar-refractivity contribution in [1.29, 1.82) is 0 Å². The monoisotopic (exact) mass is 472 g/mol. The molecule has 0 saturated heterocycles. The van der Waals surface area contributed by atoms with Crippen LogP contribution in [0.4, 0.5) is 0 Å². The molecule has 0 radical (unpaired) electrons.